The molecule has 0 atom stereocenters. The maximum absolute atomic E-state index is 12.8. The molecular formula is C17H18O2S. The van der Waals surface area contributed by atoms with Gasteiger partial charge in [-0.05, 0) is 61.9 Å². The predicted molar refractivity (Wildman–Crippen MR) is 79.7 cm³/mol. The van der Waals surface area contributed by atoms with Crippen LogP contribution in [0.5, 0.6) is 0 Å². The molecule has 2 aromatic carbocycles. The molecule has 0 bridgehead atoms. The van der Waals surface area contributed by atoms with Gasteiger partial charge in [0.05, 0.1) is 9.79 Å². The maximum atomic E-state index is 12.8. The molecule has 0 spiro atoms. The number of hydrogen-bond donors (Lipinski definition) is 0. The van der Waals surface area contributed by atoms with E-state index in [1.54, 1.807) is 18.2 Å². The maximum Gasteiger partial charge on any atom is 0.206 e. The van der Waals surface area contributed by atoms with Gasteiger partial charge in [0.2, 0.25) is 9.84 Å². The van der Waals surface area contributed by atoms with E-state index >= 15 is 0 Å². The standard InChI is InChI=1S/C17H18O2S/c1-13-9-11-15(12-10-13)20(18,19)17-8-4-6-14-5-2-3-7-16(14)17/h4,6,8-12H,2-3,5,7H2,1H3. The van der Waals surface area contributed by atoms with E-state index in [1.165, 1.54) is 5.56 Å². The Kier molecular flexibility index (Phi) is 3.38. The van der Waals surface area contributed by atoms with E-state index in [2.05, 4.69) is 6.07 Å². The van der Waals surface area contributed by atoms with Gasteiger partial charge in [0.15, 0.2) is 0 Å². The fourth-order valence-electron chi connectivity index (χ4n) is 2.84. The second-order valence-electron chi connectivity index (χ2n) is 5.42. The Labute approximate surface area is 120 Å². The van der Waals surface area contributed by atoms with E-state index in [-0.39, 0.29) is 0 Å². The lowest BCUT2D eigenvalue weighted by Crippen LogP contribution is -2.11. The van der Waals surface area contributed by atoms with Crippen LogP contribution in [0.3, 0.4) is 0 Å². The third kappa shape index (κ3) is 2.27. The lowest BCUT2D eigenvalue weighted by molar-refractivity contribution is 0.591. The molecule has 0 heterocycles. The SMILES string of the molecule is Cc1ccc(S(=O)(=O)c2cccc3c2CCCC3)cc1. The Hall–Kier alpha value is -1.61. The predicted octanol–water partition coefficient (Wildman–Crippen LogP) is 3.71. The van der Waals surface area contributed by atoms with Crippen LogP contribution in [0.4, 0.5) is 0 Å². The van der Waals surface area contributed by atoms with Gasteiger partial charge in [-0.3, -0.25) is 0 Å². The minimum absolute atomic E-state index is 0.391. The molecule has 2 aromatic rings. The second kappa shape index (κ2) is 5.06. The van der Waals surface area contributed by atoms with Gasteiger partial charge in [0, 0.05) is 0 Å². The summed E-state index contributed by atoms with van der Waals surface area (Å²) in [5, 5.41) is 0. The van der Waals surface area contributed by atoms with E-state index in [1.807, 2.05) is 25.1 Å². The van der Waals surface area contributed by atoms with Gasteiger partial charge in [-0.1, -0.05) is 29.8 Å². The molecule has 3 heteroatoms. The fraction of sp³-hybridized carbons (Fsp3) is 0.294. The molecule has 2 nitrogen and oxygen atoms in total. The zero-order chi connectivity index (χ0) is 14.2. The Balaban J connectivity index is 2.15. The van der Waals surface area contributed by atoms with Crippen molar-refractivity contribution in [3.8, 4) is 0 Å². The van der Waals surface area contributed by atoms with Gasteiger partial charge in [0.25, 0.3) is 0 Å². The van der Waals surface area contributed by atoms with Crippen molar-refractivity contribution in [2.75, 3.05) is 0 Å². The highest BCUT2D eigenvalue weighted by Gasteiger charge is 2.23. The van der Waals surface area contributed by atoms with Crippen molar-refractivity contribution < 1.29 is 8.42 Å². The molecule has 0 saturated heterocycles. The van der Waals surface area contributed by atoms with Crippen LogP contribution in [0.15, 0.2) is 52.3 Å². The van der Waals surface area contributed by atoms with Crippen molar-refractivity contribution >= 4 is 9.84 Å². The molecule has 20 heavy (non-hydrogen) atoms. The molecule has 3 rings (SSSR count). The lowest BCUT2D eigenvalue weighted by Gasteiger charge is -2.19. The molecule has 1 aliphatic rings. The summed E-state index contributed by atoms with van der Waals surface area (Å²) >= 11 is 0. The first-order valence-electron chi connectivity index (χ1n) is 7.01. The first-order valence-corrected chi connectivity index (χ1v) is 8.50. The Morgan fingerprint density at radius 2 is 1.60 bits per heavy atom. The van der Waals surface area contributed by atoms with Crippen molar-refractivity contribution in [3.05, 3.63) is 59.2 Å². The third-order valence-electron chi connectivity index (χ3n) is 3.97. The second-order valence-corrected chi connectivity index (χ2v) is 7.34. The molecule has 104 valence electrons. The third-order valence-corrected chi connectivity index (χ3v) is 5.83. The monoisotopic (exact) mass is 286 g/mol. The molecule has 0 aromatic heterocycles. The number of sulfone groups is 1. The highest BCUT2D eigenvalue weighted by Crippen LogP contribution is 2.31. The van der Waals surface area contributed by atoms with Gasteiger partial charge >= 0.3 is 0 Å². The summed E-state index contributed by atoms with van der Waals surface area (Å²) < 4.78 is 25.6. The Morgan fingerprint density at radius 1 is 0.900 bits per heavy atom. The summed E-state index contributed by atoms with van der Waals surface area (Å²) in [7, 11) is -3.40. The summed E-state index contributed by atoms with van der Waals surface area (Å²) in [6.45, 7) is 1.96. The van der Waals surface area contributed by atoms with Gasteiger partial charge in [0.1, 0.15) is 0 Å². The minimum atomic E-state index is -3.40. The average molecular weight is 286 g/mol. The van der Waals surface area contributed by atoms with Crippen molar-refractivity contribution in [2.45, 2.75) is 42.4 Å². The molecule has 0 aliphatic heterocycles. The zero-order valence-corrected chi connectivity index (χ0v) is 12.4. The molecule has 0 radical (unpaired) electrons. The van der Waals surface area contributed by atoms with Crippen LogP contribution in [0.2, 0.25) is 0 Å². The van der Waals surface area contributed by atoms with Crippen LogP contribution >= 0.6 is 0 Å². The van der Waals surface area contributed by atoms with Gasteiger partial charge in [-0.15, -0.1) is 0 Å². The normalized spacial score (nSPS) is 14.8. The number of fused-ring (bicyclic) bond motifs is 1. The molecule has 1 aliphatic carbocycles. The Morgan fingerprint density at radius 3 is 2.35 bits per heavy atom. The first kappa shape index (κ1) is 13.4. The van der Waals surface area contributed by atoms with E-state index < -0.39 is 9.84 Å². The van der Waals surface area contributed by atoms with E-state index in [4.69, 9.17) is 0 Å². The van der Waals surface area contributed by atoms with Crippen LogP contribution < -0.4 is 0 Å². The lowest BCUT2D eigenvalue weighted by atomic mass is 9.92. The quantitative estimate of drug-likeness (QED) is 0.843. The smallest absolute Gasteiger partial charge is 0.206 e. The number of aryl methyl sites for hydroxylation is 2. The van der Waals surface area contributed by atoms with E-state index in [0.29, 0.717) is 9.79 Å². The van der Waals surface area contributed by atoms with Crippen LogP contribution in [-0.2, 0) is 22.7 Å². The molecule has 0 amide bonds. The first-order chi connectivity index (χ1) is 9.59. The van der Waals surface area contributed by atoms with Crippen LogP contribution in [0.25, 0.3) is 0 Å². The summed E-state index contributed by atoms with van der Waals surface area (Å²) in [5.74, 6) is 0. The summed E-state index contributed by atoms with van der Waals surface area (Å²) in [6.07, 6.45) is 4.09. The van der Waals surface area contributed by atoms with Crippen LogP contribution in [0.1, 0.15) is 29.5 Å². The van der Waals surface area contributed by atoms with Crippen LogP contribution in [-0.4, -0.2) is 8.42 Å². The zero-order valence-electron chi connectivity index (χ0n) is 11.6. The number of rotatable bonds is 2. The molecule has 0 fully saturated rings. The minimum Gasteiger partial charge on any atom is -0.219 e. The van der Waals surface area contributed by atoms with Gasteiger partial charge in [-0.25, -0.2) is 8.42 Å². The van der Waals surface area contributed by atoms with Gasteiger partial charge in [-0.2, -0.15) is 0 Å². The highest BCUT2D eigenvalue weighted by atomic mass is 32.2. The van der Waals surface area contributed by atoms with Crippen molar-refractivity contribution in [3.63, 3.8) is 0 Å². The largest absolute Gasteiger partial charge is 0.219 e. The van der Waals surface area contributed by atoms with Crippen LogP contribution in [0, 0.1) is 6.92 Å². The fourth-order valence-corrected chi connectivity index (χ4v) is 4.41. The molecule has 0 unspecified atom stereocenters. The molecule has 0 saturated carbocycles. The summed E-state index contributed by atoms with van der Waals surface area (Å²) in [5.41, 5.74) is 3.29. The Bertz CT molecular complexity index is 728. The topological polar surface area (TPSA) is 34.1 Å². The molecular weight excluding hydrogens is 268 g/mol. The van der Waals surface area contributed by atoms with Crippen molar-refractivity contribution in [2.24, 2.45) is 0 Å². The molecule has 0 N–H and O–H groups in total. The average Bonchev–Trinajstić information content (AvgIpc) is 2.47. The van der Waals surface area contributed by atoms with Gasteiger partial charge < -0.3 is 0 Å². The highest BCUT2D eigenvalue weighted by molar-refractivity contribution is 7.91. The van der Waals surface area contributed by atoms with E-state index in [0.717, 1.165) is 36.8 Å². The summed E-state index contributed by atoms with van der Waals surface area (Å²) in [6, 6.07) is 12.8. The van der Waals surface area contributed by atoms with E-state index in [9.17, 15) is 8.42 Å². The number of hydrogen-bond acceptors (Lipinski definition) is 2. The summed E-state index contributed by atoms with van der Waals surface area (Å²) in [4.78, 5) is 0.889. The van der Waals surface area contributed by atoms with Crippen molar-refractivity contribution in [1.29, 1.82) is 0 Å². The number of benzene rings is 2. The van der Waals surface area contributed by atoms with Crippen molar-refractivity contribution in [1.82, 2.24) is 0 Å².